The maximum Gasteiger partial charge on any atom is 0.416 e. The third-order valence-electron chi connectivity index (χ3n) is 10.1. The highest BCUT2D eigenvalue weighted by molar-refractivity contribution is 6.08. The van der Waals surface area contributed by atoms with Crippen molar-refractivity contribution in [2.24, 2.45) is 44.4 Å². The van der Waals surface area contributed by atoms with Gasteiger partial charge in [0.15, 0.2) is 29.2 Å². The number of nitrogens with zero attached hydrogens (tertiary/aromatic N) is 4. The predicted octanol–water partition coefficient (Wildman–Crippen LogP) is 3.98. The third kappa shape index (κ3) is 17.3. The number of benzene rings is 2. The number of ether oxygens (including phenoxy) is 2. The number of aliphatic imine (C=N–C) groups is 2. The van der Waals surface area contributed by atoms with Crippen molar-refractivity contribution in [3.05, 3.63) is 46.8 Å². The Morgan fingerprint density at radius 3 is 1.34 bits per heavy atom. The average molecular weight is 1080 g/mol. The lowest BCUT2D eigenvalue weighted by Gasteiger charge is -2.24. The van der Waals surface area contributed by atoms with Crippen molar-refractivity contribution in [3.63, 3.8) is 0 Å². The number of hydrogen-bond acceptors (Lipinski definition) is 12. The van der Waals surface area contributed by atoms with Crippen LogP contribution < -0.4 is 65.1 Å². The fraction of sp³-hybridized carbons (Fsp3) is 0.450. The number of unbranched alkanes of at least 4 members (excludes halogenated alkanes) is 2. The molecule has 1 aromatic heterocycles. The SMILES string of the molecule is Cl.Cl.Cl.Cl.NC(=O)CCCCN=C(N)Nc1cc(C(F)(F)F)cc(-c2nc(C(N)=O)c(-c3cc(C(F)(F)F)cc(NC(N)=NCCCCC(N)=O)c3O[C@@H]3CCNC3)c(C(N)=O)n2)c1O[C@@H]1CCNC1. The van der Waals surface area contributed by atoms with Crippen LogP contribution in [0.4, 0.5) is 37.7 Å². The molecule has 2 aliphatic rings. The second-order valence-corrected chi connectivity index (χ2v) is 15.2. The Hall–Kier alpha value is -5.80. The summed E-state index contributed by atoms with van der Waals surface area (Å²) in [5.41, 5.74) is 26.9. The van der Waals surface area contributed by atoms with E-state index < -0.39 is 116 Å². The Balaban J connectivity index is 0.00000612. The number of carbonyl (C=O) groups is 4. The molecular formula is C40H54Cl4F6N14O6. The van der Waals surface area contributed by atoms with Crippen molar-refractivity contribution in [1.82, 2.24) is 20.6 Å². The summed E-state index contributed by atoms with van der Waals surface area (Å²) >= 11 is 0. The lowest BCUT2D eigenvalue weighted by atomic mass is 9.95. The molecule has 390 valence electrons. The fourth-order valence-corrected chi connectivity index (χ4v) is 6.94. The van der Waals surface area contributed by atoms with E-state index in [-0.39, 0.29) is 100 Å². The van der Waals surface area contributed by atoms with Gasteiger partial charge in [0.2, 0.25) is 11.8 Å². The lowest BCUT2D eigenvalue weighted by molar-refractivity contribution is -0.138. The largest absolute Gasteiger partial charge is 0.486 e. The van der Waals surface area contributed by atoms with Crippen molar-refractivity contribution < 1.29 is 55.0 Å². The molecule has 0 aliphatic carbocycles. The normalized spacial score (nSPS) is 15.9. The maximum atomic E-state index is 14.8. The highest BCUT2D eigenvalue weighted by Crippen LogP contribution is 2.47. The summed E-state index contributed by atoms with van der Waals surface area (Å²) in [7, 11) is 0. The van der Waals surface area contributed by atoms with E-state index in [1.54, 1.807) is 0 Å². The lowest BCUT2D eigenvalue weighted by Crippen LogP contribution is -2.27. The molecule has 4 amide bonds. The molecule has 20 nitrogen and oxygen atoms in total. The minimum Gasteiger partial charge on any atom is -0.486 e. The molecule has 2 aliphatic heterocycles. The van der Waals surface area contributed by atoms with Crippen molar-refractivity contribution in [1.29, 1.82) is 0 Å². The number of nitrogens with two attached hydrogens (primary N) is 6. The number of halogens is 10. The summed E-state index contributed by atoms with van der Waals surface area (Å²) in [6, 6.07) is 2.44. The van der Waals surface area contributed by atoms with Gasteiger partial charge in [-0.1, -0.05) is 0 Å². The summed E-state index contributed by atoms with van der Waals surface area (Å²) in [6.45, 7) is 1.42. The van der Waals surface area contributed by atoms with E-state index >= 15 is 0 Å². The van der Waals surface area contributed by atoms with Crippen LogP contribution >= 0.6 is 49.6 Å². The van der Waals surface area contributed by atoms with Gasteiger partial charge in [-0.3, -0.25) is 29.2 Å². The Labute approximate surface area is 421 Å². The Morgan fingerprint density at radius 1 is 0.614 bits per heavy atom. The maximum absolute atomic E-state index is 14.8. The molecule has 0 unspecified atom stereocenters. The molecule has 3 heterocycles. The first-order valence-corrected chi connectivity index (χ1v) is 20.6. The van der Waals surface area contributed by atoms with Crippen LogP contribution in [-0.2, 0) is 21.9 Å². The topological polar surface area (TPSA) is 341 Å². The zero-order chi connectivity index (χ0) is 48.3. The number of primary amides is 4. The van der Waals surface area contributed by atoms with E-state index in [1.807, 2.05) is 0 Å². The van der Waals surface area contributed by atoms with E-state index in [1.165, 1.54) is 0 Å². The van der Waals surface area contributed by atoms with Crippen LogP contribution in [0, 0.1) is 0 Å². The van der Waals surface area contributed by atoms with Crippen LogP contribution in [0.15, 0.2) is 34.3 Å². The molecule has 2 saturated heterocycles. The van der Waals surface area contributed by atoms with Crippen molar-refractivity contribution >= 4 is 96.6 Å². The third-order valence-corrected chi connectivity index (χ3v) is 10.1. The van der Waals surface area contributed by atoms with E-state index in [4.69, 9.17) is 43.9 Å². The first-order valence-electron chi connectivity index (χ1n) is 20.6. The zero-order valence-corrected chi connectivity index (χ0v) is 40.2. The molecule has 0 spiro atoms. The summed E-state index contributed by atoms with van der Waals surface area (Å²) in [5, 5.41) is 11.3. The minimum absolute atomic E-state index is 0. The summed E-state index contributed by atoms with van der Waals surface area (Å²) in [4.78, 5) is 65.9. The zero-order valence-electron chi connectivity index (χ0n) is 37.0. The molecule has 0 bridgehead atoms. The molecule has 0 saturated carbocycles. The second-order valence-electron chi connectivity index (χ2n) is 15.2. The molecule has 16 N–H and O–H groups in total. The van der Waals surface area contributed by atoms with E-state index in [2.05, 4.69) is 41.2 Å². The monoisotopic (exact) mass is 1080 g/mol. The van der Waals surface area contributed by atoms with E-state index in [0.717, 1.165) is 0 Å². The molecule has 3 aromatic rings. The standard InChI is InChI=1S/C40H50F6N14O6.4ClH/c41-39(42,43)19-13-23(32(65-21-7-11-53-17-21)25(15-19)57-37(51)55-9-3-1-5-27(47)61)29-30(34(49)63)59-36(60-31(29)35(50)64)24-14-20(40(44,45)46)16-26(33(24)66-22-8-12-54-18-22)58-38(52)56-10-4-2-6-28(48)62;;;;/h13-16,21-22,53-54H,1-12,17-18H2,(H2,47,61)(H2,48,62)(H2,49,63)(H2,50,64)(H3,51,55,57)(H3,52,56,58);4*1H/t21-,22-;;;;/m1..../s1. The van der Waals surface area contributed by atoms with Gasteiger partial charge in [-0.15, -0.1) is 49.6 Å². The molecule has 2 aromatic carbocycles. The van der Waals surface area contributed by atoms with Gasteiger partial charge in [0.1, 0.15) is 23.6 Å². The van der Waals surface area contributed by atoms with Gasteiger partial charge in [0, 0.05) is 50.1 Å². The van der Waals surface area contributed by atoms with Crippen molar-refractivity contribution in [2.45, 2.75) is 75.9 Å². The van der Waals surface area contributed by atoms with E-state index in [0.29, 0.717) is 75.9 Å². The summed E-state index contributed by atoms with van der Waals surface area (Å²) in [6.07, 6.45) is -9.30. The van der Waals surface area contributed by atoms with E-state index in [9.17, 15) is 45.5 Å². The van der Waals surface area contributed by atoms with Crippen LogP contribution in [0.5, 0.6) is 11.5 Å². The fourth-order valence-electron chi connectivity index (χ4n) is 6.94. The van der Waals surface area contributed by atoms with Crippen LogP contribution in [0.3, 0.4) is 0 Å². The van der Waals surface area contributed by atoms with Gasteiger partial charge in [-0.25, -0.2) is 9.97 Å². The minimum atomic E-state index is -5.10. The van der Waals surface area contributed by atoms with Crippen LogP contribution in [0.25, 0.3) is 22.5 Å². The molecule has 2 atom stereocenters. The average Bonchev–Trinajstić information content (AvgIpc) is 3.95. The molecule has 0 radical (unpaired) electrons. The smallest absolute Gasteiger partial charge is 0.416 e. The molecular weight excluding hydrogens is 1030 g/mol. The first-order chi connectivity index (χ1) is 31.1. The molecule has 70 heavy (non-hydrogen) atoms. The number of anilines is 2. The van der Waals surface area contributed by atoms with Crippen LogP contribution in [-0.4, -0.2) is 97.0 Å². The van der Waals surface area contributed by atoms with Gasteiger partial charge < -0.3 is 65.1 Å². The molecule has 2 fully saturated rings. The second kappa shape index (κ2) is 27.6. The van der Waals surface area contributed by atoms with Gasteiger partial charge in [-0.05, 0) is 75.9 Å². The Morgan fingerprint density at radius 2 is 1.00 bits per heavy atom. The Bertz CT molecular complexity index is 2340. The van der Waals surface area contributed by atoms with Gasteiger partial charge in [-0.2, -0.15) is 26.3 Å². The number of aromatic nitrogens is 2. The quantitative estimate of drug-likeness (QED) is 0.0331. The molecule has 30 heteroatoms. The van der Waals surface area contributed by atoms with Crippen LogP contribution in [0.1, 0.15) is 83.5 Å². The van der Waals surface area contributed by atoms with Gasteiger partial charge in [0.05, 0.1) is 28.1 Å². The predicted molar refractivity (Wildman–Crippen MR) is 259 cm³/mol. The summed E-state index contributed by atoms with van der Waals surface area (Å²) in [5.74, 6) is -6.30. The number of alkyl halides is 6. The Kier molecular flexibility index (Phi) is 24.5. The highest BCUT2D eigenvalue weighted by Gasteiger charge is 2.38. The van der Waals surface area contributed by atoms with Gasteiger partial charge >= 0.3 is 12.4 Å². The molecule has 5 rings (SSSR count). The first kappa shape index (κ1) is 62.2. The number of carbonyl (C=O) groups excluding carboxylic acids is 4. The van der Waals surface area contributed by atoms with Gasteiger partial charge in [0.25, 0.3) is 11.8 Å². The van der Waals surface area contributed by atoms with Crippen molar-refractivity contribution in [2.75, 3.05) is 49.9 Å². The highest BCUT2D eigenvalue weighted by atomic mass is 35.5. The van der Waals surface area contributed by atoms with Crippen molar-refractivity contribution in [3.8, 4) is 34.0 Å². The number of guanidine groups is 2. The number of hydrogen-bond donors (Lipinski definition) is 10. The summed E-state index contributed by atoms with van der Waals surface area (Å²) < 4.78 is 101. The number of rotatable bonds is 20. The van der Waals surface area contributed by atoms with Crippen LogP contribution in [0.2, 0.25) is 0 Å². The number of amides is 4. The number of nitrogens with one attached hydrogen (secondary N) is 4.